The zero-order chi connectivity index (χ0) is 15.0. The lowest BCUT2D eigenvalue weighted by molar-refractivity contribution is 0.167. The summed E-state index contributed by atoms with van der Waals surface area (Å²) in [6, 6.07) is 5.83. The molecule has 2 aromatic rings. The van der Waals surface area contributed by atoms with Crippen LogP contribution in [-0.4, -0.2) is 23.3 Å². The van der Waals surface area contributed by atoms with E-state index in [9.17, 15) is 0 Å². The third-order valence-electron chi connectivity index (χ3n) is 4.38. The van der Waals surface area contributed by atoms with Gasteiger partial charge in [-0.05, 0) is 49.8 Å². The van der Waals surface area contributed by atoms with Crippen LogP contribution in [0.25, 0.3) is 11.0 Å². The highest BCUT2D eigenvalue weighted by atomic mass is 35.5. The molecule has 1 aromatic carbocycles. The fourth-order valence-corrected chi connectivity index (χ4v) is 3.24. The van der Waals surface area contributed by atoms with Crippen molar-refractivity contribution in [2.75, 3.05) is 13.7 Å². The van der Waals surface area contributed by atoms with Crippen LogP contribution in [0.1, 0.15) is 37.4 Å². The zero-order valence-electron chi connectivity index (χ0n) is 12.4. The van der Waals surface area contributed by atoms with Crippen LogP contribution in [0.3, 0.4) is 0 Å². The van der Waals surface area contributed by atoms with E-state index in [0.717, 1.165) is 41.5 Å². The van der Waals surface area contributed by atoms with Gasteiger partial charge in [-0.15, -0.1) is 11.6 Å². The van der Waals surface area contributed by atoms with Gasteiger partial charge in [0, 0.05) is 25.3 Å². The number of fused-ring (bicyclic) bond motifs is 1. The summed E-state index contributed by atoms with van der Waals surface area (Å²) in [6.07, 6.45) is 3.57. The molecule has 1 aromatic heterocycles. The molecule has 0 aliphatic heterocycles. The minimum Gasteiger partial charge on any atom is -0.385 e. The molecule has 5 heteroatoms. The Labute approximate surface area is 135 Å². The van der Waals surface area contributed by atoms with Crippen LogP contribution in [-0.2, 0) is 11.3 Å². The van der Waals surface area contributed by atoms with Gasteiger partial charge < -0.3 is 9.30 Å². The summed E-state index contributed by atoms with van der Waals surface area (Å²) in [5.74, 6) is 0.928. The Bertz CT molecular complexity index is 647. The minimum absolute atomic E-state index is 0.116. The van der Waals surface area contributed by atoms with E-state index in [1.165, 1.54) is 12.8 Å². The second kappa shape index (κ2) is 5.79. The summed E-state index contributed by atoms with van der Waals surface area (Å²) < 4.78 is 7.50. The summed E-state index contributed by atoms with van der Waals surface area (Å²) in [6.45, 7) is 3.72. The van der Waals surface area contributed by atoms with Gasteiger partial charge in [-0.3, -0.25) is 0 Å². The largest absolute Gasteiger partial charge is 0.385 e. The smallest absolute Gasteiger partial charge is 0.127 e. The van der Waals surface area contributed by atoms with Gasteiger partial charge in [0.1, 0.15) is 5.82 Å². The maximum Gasteiger partial charge on any atom is 0.127 e. The summed E-state index contributed by atoms with van der Waals surface area (Å²) in [7, 11) is 1.76. The fraction of sp³-hybridized carbons (Fsp3) is 0.562. The number of rotatable bonds is 6. The zero-order valence-corrected chi connectivity index (χ0v) is 13.9. The first-order chi connectivity index (χ1) is 10.0. The fourth-order valence-electron chi connectivity index (χ4n) is 2.90. The number of hydrogen-bond acceptors (Lipinski definition) is 2. The molecule has 3 rings (SSSR count). The van der Waals surface area contributed by atoms with Gasteiger partial charge in [-0.2, -0.15) is 0 Å². The first-order valence-corrected chi connectivity index (χ1v) is 8.15. The van der Waals surface area contributed by atoms with Crippen molar-refractivity contribution < 1.29 is 4.74 Å². The van der Waals surface area contributed by atoms with Crippen molar-refractivity contribution in [1.82, 2.24) is 9.55 Å². The van der Waals surface area contributed by atoms with Crippen molar-refractivity contribution in [3.05, 3.63) is 29.0 Å². The minimum atomic E-state index is -0.116. The predicted molar refractivity (Wildman–Crippen MR) is 87.2 cm³/mol. The van der Waals surface area contributed by atoms with Crippen LogP contribution in [0, 0.1) is 5.41 Å². The molecule has 1 atom stereocenters. The Balaban J connectivity index is 1.99. The second-order valence-corrected chi connectivity index (χ2v) is 7.14. The van der Waals surface area contributed by atoms with Crippen molar-refractivity contribution >= 4 is 34.2 Å². The molecule has 0 saturated heterocycles. The Kier molecular flexibility index (Phi) is 4.17. The number of ether oxygens (including phenoxy) is 1. The van der Waals surface area contributed by atoms with Crippen LogP contribution < -0.4 is 0 Å². The average Bonchev–Trinajstić information content (AvgIpc) is 3.13. The molecular formula is C16H20Cl2N2O. The van der Waals surface area contributed by atoms with E-state index in [4.69, 9.17) is 27.9 Å². The first-order valence-electron chi connectivity index (χ1n) is 7.33. The van der Waals surface area contributed by atoms with E-state index in [1.54, 1.807) is 7.11 Å². The summed E-state index contributed by atoms with van der Waals surface area (Å²) in [5.41, 5.74) is 2.38. The maximum atomic E-state index is 6.33. The van der Waals surface area contributed by atoms with Gasteiger partial charge in [0.25, 0.3) is 0 Å². The van der Waals surface area contributed by atoms with Crippen LogP contribution in [0.15, 0.2) is 18.2 Å². The Morgan fingerprint density at radius 1 is 1.43 bits per heavy atom. The first kappa shape index (κ1) is 15.1. The van der Waals surface area contributed by atoms with E-state index >= 15 is 0 Å². The molecule has 3 nitrogen and oxygen atoms in total. The molecule has 1 unspecified atom stereocenters. The Hall–Kier alpha value is -0.770. The lowest BCUT2D eigenvalue weighted by Gasteiger charge is -2.19. The molecule has 114 valence electrons. The van der Waals surface area contributed by atoms with Gasteiger partial charge >= 0.3 is 0 Å². The SMILES string of the molecule is COCCC1(Cn2c(C(C)Cl)nc3ccc(Cl)cc32)CC1. The molecule has 1 saturated carbocycles. The van der Waals surface area contributed by atoms with Crippen molar-refractivity contribution in [3.8, 4) is 0 Å². The molecule has 1 heterocycles. The number of hydrogen-bond donors (Lipinski definition) is 0. The standard InChI is InChI=1S/C16H20Cl2N2O/c1-11(17)15-19-13-4-3-12(18)9-14(13)20(15)10-16(5-6-16)7-8-21-2/h3-4,9,11H,5-8,10H2,1-2H3. The van der Waals surface area contributed by atoms with Crippen LogP contribution in [0.4, 0.5) is 0 Å². The number of imidazole rings is 1. The number of benzene rings is 1. The van der Waals surface area contributed by atoms with Gasteiger partial charge in [0.15, 0.2) is 0 Å². The molecule has 0 amide bonds. The van der Waals surface area contributed by atoms with E-state index in [-0.39, 0.29) is 5.38 Å². The molecule has 1 aliphatic carbocycles. The number of halogens is 2. The lowest BCUT2D eigenvalue weighted by atomic mass is 10.0. The molecule has 1 fully saturated rings. The number of aromatic nitrogens is 2. The third-order valence-corrected chi connectivity index (χ3v) is 4.81. The molecule has 1 aliphatic rings. The van der Waals surface area contributed by atoms with Crippen molar-refractivity contribution in [1.29, 1.82) is 0 Å². The summed E-state index contributed by atoms with van der Waals surface area (Å²) in [4.78, 5) is 4.69. The second-order valence-electron chi connectivity index (χ2n) is 6.05. The monoisotopic (exact) mass is 326 g/mol. The van der Waals surface area contributed by atoms with Crippen LogP contribution >= 0.6 is 23.2 Å². The Morgan fingerprint density at radius 2 is 2.19 bits per heavy atom. The van der Waals surface area contributed by atoms with Crippen molar-refractivity contribution in [2.24, 2.45) is 5.41 Å². The highest BCUT2D eigenvalue weighted by Gasteiger charge is 2.43. The third kappa shape index (κ3) is 3.05. The quantitative estimate of drug-likeness (QED) is 0.712. The topological polar surface area (TPSA) is 27.1 Å². The molecule has 0 spiro atoms. The number of methoxy groups -OCH3 is 1. The summed E-state index contributed by atoms with van der Waals surface area (Å²) >= 11 is 12.5. The molecule has 21 heavy (non-hydrogen) atoms. The van der Waals surface area contributed by atoms with E-state index in [0.29, 0.717) is 5.41 Å². The average molecular weight is 327 g/mol. The summed E-state index contributed by atoms with van der Waals surface area (Å²) in [5, 5.41) is 0.619. The van der Waals surface area contributed by atoms with Crippen molar-refractivity contribution in [3.63, 3.8) is 0 Å². The Morgan fingerprint density at radius 3 is 2.81 bits per heavy atom. The van der Waals surface area contributed by atoms with E-state index in [2.05, 4.69) is 9.55 Å². The number of nitrogens with zero attached hydrogens (tertiary/aromatic N) is 2. The normalized spacial score (nSPS) is 18.1. The molecule has 0 N–H and O–H groups in total. The molecular weight excluding hydrogens is 307 g/mol. The highest BCUT2D eigenvalue weighted by molar-refractivity contribution is 6.31. The van der Waals surface area contributed by atoms with Crippen LogP contribution in [0.2, 0.25) is 5.02 Å². The van der Waals surface area contributed by atoms with Crippen molar-refractivity contribution in [2.45, 2.75) is 38.1 Å². The maximum absolute atomic E-state index is 6.33. The van der Waals surface area contributed by atoms with Crippen LogP contribution in [0.5, 0.6) is 0 Å². The molecule has 0 radical (unpaired) electrons. The predicted octanol–water partition coefficient (Wildman–Crippen LogP) is 4.81. The van der Waals surface area contributed by atoms with Gasteiger partial charge in [-0.1, -0.05) is 11.6 Å². The van der Waals surface area contributed by atoms with E-state index in [1.807, 2.05) is 25.1 Å². The number of alkyl halides is 1. The van der Waals surface area contributed by atoms with E-state index < -0.39 is 0 Å². The lowest BCUT2D eigenvalue weighted by Crippen LogP contribution is -2.16. The van der Waals surface area contributed by atoms with Gasteiger partial charge in [-0.25, -0.2) is 4.98 Å². The van der Waals surface area contributed by atoms with Gasteiger partial charge in [0.05, 0.1) is 16.4 Å². The van der Waals surface area contributed by atoms with Gasteiger partial charge in [0.2, 0.25) is 0 Å². The highest BCUT2D eigenvalue weighted by Crippen LogP contribution is 2.51. The molecule has 0 bridgehead atoms.